The van der Waals surface area contributed by atoms with E-state index in [1.807, 2.05) is 6.92 Å². The number of hydrogen-bond donors (Lipinski definition) is 2. The van der Waals surface area contributed by atoms with Crippen LogP contribution in [0.1, 0.15) is 26.2 Å². The maximum absolute atomic E-state index is 11.9. The van der Waals surface area contributed by atoms with E-state index in [9.17, 15) is 13.2 Å². The van der Waals surface area contributed by atoms with Crippen LogP contribution in [-0.2, 0) is 14.6 Å². The molecule has 1 aromatic carbocycles. The molecule has 0 unspecified atom stereocenters. The maximum Gasteiger partial charge on any atom is 0.239 e. The molecule has 0 bridgehead atoms. The van der Waals surface area contributed by atoms with Crippen LogP contribution in [0.4, 0.5) is 5.69 Å². The first-order valence-electron chi connectivity index (χ1n) is 6.87. The molecule has 6 heteroatoms. The Bertz CT molecular complexity index is 563. The molecule has 110 valence electrons. The lowest BCUT2D eigenvalue weighted by Gasteiger charge is -2.08. The summed E-state index contributed by atoms with van der Waals surface area (Å²) in [6.07, 6.45) is 2.73. The summed E-state index contributed by atoms with van der Waals surface area (Å²) in [4.78, 5) is 11.8. The van der Waals surface area contributed by atoms with Gasteiger partial charge in [-0.15, -0.1) is 0 Å². The van der Waals surface area contributed by atoms with E-state index in [1.54, 1.807) is 24.3 Å². The Hall–Kier alpha value is -1.56. The molecule has 0 saturated heterocycles. The molecule has 0 aliphatic heterocycles. The number of carbonyl (C=O) groups is 1. The largest absolute Gasteiger partial charge is 0.376 e. The Morgan fingerprint density at radius 2 is 1.90 bits per heavy atom. The van der Waals surface area contributed by atoms with Crippen LogP contribution < -0.4 is 10.6 Å². The van der Waals surface area contributed by atoms with Gasteiger partial charge in [-0.25, -0.2) is 8.42 Å². The fourth-order valence-electron chi connectivity index (χ4n) is 1.86. The zero-order valence-electron chi connectivity index (χ0n) is 11.6. The number of benzene rings is 1. The van der Waals surface area contributed by atoms with E-state index in [-0.39, 0.29) is 18.2 Å². The highest BCUT2D eigenvalue weighted by Crippen LogP contribution is 2.18. The first-order valence-corrected chi connectivity index (χ1v) is 8.52. The van der Waals surface area contributed by atoms with Crippen LogP contribution >= 0.6 is 0 Å². The highest BCUT2D eigenvalue weighted by molar-refractivity contribution is 7.91. The van der Waals surface area contributed by atoms with Gasteiger partial charge in [0.2, 0.25) is 5.91 Å². The van der Waals surface area contributed by atoms with Crippen LogP contribution in [0.25, 0.3) is 0 Å². The SMILES string of the molecule is CCCS(=O)(=O)c1ccc(NCC(=O)NC2CC2)cc1. The van der Waals surface area contributed by atoms with Crippen LogP contribution in [0.15, 0.2) is 29.2 Å². The number of carbonyl (C=O) groups excluding carboxylic acids is 1. The molecule has 1 fully saturated rings. The van der Waals surface area contributed by atoms with Gasteiger partial charge in [-0.2, -0.15) is 0 Å². The molecule has 0 spiro atoms. The van der Waals surface area contributed by atoms with Gasteiger partial charge < -0.3 is 10.6 Å². The second kappa shape index (κ2) is 6.26. The van der Waals surface area contributed by atoms with E-state index < -0.39 is 9.84 Å². The smallest absolute Gasteiger partial charge is 0.239 e. The molecule has 5 nitrogen and oxygen atoms in total. The second-order valence-electron chi connectivity index (χ2n) is 5.04. The Balaban J connectivity index is 1.89. The van der Waals surface area contributed by atoms with Gasteiger partial charge in [-0.3, -0.25) is 4.79 Å². The van der Waals surface area contributed by atoms with E-state index in [4.69, 9.17) is 0 Å². The topological polar surface area (TPSA) is 75.3 Å². The van der Waals surface area contributed by atoms with Crippen LogP contribution in [0.2, 0.25) is 0 Å². The molecule has 20 heavy (non-hydrogen) atoms. The summed E-state index contributed by atoms with van der Waals surface area (Å²) in [5.74, 6) is 0.124. The summed E-state index contributed by atoms with van der Waals surface area (Å²) < 4.78 is 23.7. The van der Waals surface area contributed by atoms with Crippen molar-refractivity contribution in [3.63, 3.8) is 0 Å². The van der Waals surface area contributed by atoms with E-state index >= 15 is 0 Å². The average Bonchev–Trinajstić information content (AvgIpc) is 3.21. The van der Waals surface area contributed by atoms with E-state index in [1.165, 1.54) is 0 Å². The average molecular weight is 296 g/mol. The first kappa shape index (κ1) is 14.8. The molecular weight excluding hydrogens is 276 g/mol. The second-order valence-corrected chi connectivity index (χ2v) is 7.15. The van der Waals surface area contributed by atoms with E-state index in [0.717, 1.165) is 18.5 Å². The minimum absolute atomic E-state index is 0.0322. The third-order valence-corrected chi connectivity index (χ3v) is 5.02. The highest BCUT2D eigenvalue weighted by atomic mass is 32.2. The number of hydrogen-bond acceptors (Lipinski definition) is 4. The fraction of sp³-hybridized carbons (Fsp3) is 0.500. The van der Waals surface area contributed by atoms with Crippen LogP contribution in [-0.4, -0.2) is 32.7 Å². The van der Waals surface area contributed by atoms with Gasteiger partial charge in [-0.1, -0.05) is 6.92 Å². The lowest BCUT2D eigenvalue weighted by molar-refractivity contribution is -0.119. The summed E-state index contributed by atoms with van der Waals surface area (Å²) in [6.45, 7) is 2.05. The van der Waals surface area contributed by atoms with Crippen molar-refractivity contribution in [1.82, 2.24) is 5.32 Å². The third kappa shape index (κ3) is 4.23. The molecule has 1 aliphatic rings. The zero-order valence-corrected chi connectivity index (χ0v) is 12.4. The van der Waals surface area contributed by atoms with Gasteiger partial charge in [0.05, 0.1) is 17.2 Å². The molecule has 1 saturated carbocycles. The monoisotopic (exact) mass is 296 g/mol. The first-order chi connectivity index (χ1) is 9.51. The minimum atomic E-state index is -3.17. The van der Waals surface area contributed by atoms with Gasteiger partial charge in [0.25, 0.3) is 0 Å². The van der Waals surface area contributed by atoms with Crippen molar-refractivity contribution in [2.75, 3.05) is 17.6 Å². The number of nitrogens with one attached hydrogen (secondary N) is 2. The molecule has 2 N–H and O–H groups in total. The predicted molar refractivity (Wildman–Crippen MR) is 78.4 cm³/mol. The Labute approximate surface area is 119 Å². The fourth-order valence-corrected chi connectivity index (χ4v) is 3.18. The molecule has 0 aromatic heterocycles. The summed E-state index contributed by atoms with van der Waals surface area (Å²) in [5, 5.41) is 5.86. The number of sulfone groups is 1. The molecular formula is C14H20N2O3S. The van der Waals surface area contributed by atoms with Crippen molar-refractivity contribution in [3.05, 3.63) is 24.3 Å². The third-order valence-electron chi connectivity index (χ3n) is 3.08. The lowest BCUT2D eigenvalue weighted by atomic mass is 10.3. The number of anilines is 1. The van der Waals surface area contributed by atoms with E-state index in [2.05, 4.69) is 10.6 Å². The standard InChI is InChI=1S/C14H20N2O3S/c1-2-9-20(18,19)13-7-5-11(6-8-13)15-10-14(17)16-12-3-4-12/h5-8,12,15H,2-4,9-10H2,1H3,(H,16,17). The predicted octanol–water partition coefficient (Wildman–Crippen LogP) is 1.56. The van der Waals surface area contributed by atoms with Gasteiger partial charge in [0, 0.05) is 11.7 Å². The molecule has 0 atom stereocenters. The van der Waals surface area contributed by atoms with Gasteiger partial charge in [-0.05, 0) is 43.5 Å². The Morgan fingerprint density at radius 1 is 1.25 bits per heavy atom. The van der Waals surface area contributed by atoms with Gasteiger partial charge in [0.1, 0.15) is 0 Å². The van der Waals surface area contributed by atoms with Crippen LogP contribution in [0.5, 0.6) is 0 Å². The maximum atomic E-state index is 11.9. The van der Waals surface area contributed by atoms with Crippen molar-refractivity contribution >= 4 is 21.4 Å². The zero-order chi connectivity index (χ0) is 14.6. The van der Waals surface area contributed by atoms with Crippen molar-refractivity contribution in [2.24, 2.45) is 0 Å². The minimum Gasteiger partial charge on any atom is -0.376 e. The van der Waals surface area contributed by atoms with Crippen molar-refractivity contribution in [2.45, 2.75) is 37.1 Å². The molecule has 1 amide bonds. The molecule has 0 heterocycles. The molecule has 1 aliphatic carbocycles. The molecule has 0 radical (unpaired) electrons. The van der Waals surface area contributed by atoms with Crippen LogP contribution in [0.3, 0.4) is 0 Å². The summed E-state index contributed by atoms with van der Waals surface area (Å²) in [6, 6.07) is 6.88. The van der Waals surface area contributed by atoms with Crippen molar-refractivity contribution in [3.8, 4) is 0 Å². The van der Waals surface area contributed by atoms with Crippen molar-refractivity contribution in [1.29, 1.82) is 0 Å². The normalized spacial score (nSPS) is 14.8. The number of rotatable bonds is 7. The Morgan fingerprint density at radius 3 is 2.45 bits per heavy atom. The van der Waals surface area contributed by atoms with Crippen molar-refractivity contribution < 1.29 is 13.2 Å². The summed E-state index contributed by atoms with van der Waals surface area (Å²) in [5.41, 5.74) is 0.742. The van der Waals surface area contributed by atoms with E-state index in [0.29, 0.717) is 17.4 Å². The summed E-state index contributed by atoms with van der Waals surface area (Å²) in [7, 11) is -3.17. The Kier molecular flexibility index (Phi) is 4.65. The quantitative estimate of drug-likeness (QED) is 0.800. The molecule has 1 aromatic rings. The summed E-state index contributed by atoms with van der Waals surface area (Å²) >= 11 is 0. The highest BCUT2D eigenvalue weighted by Gasteiger charge is 2.22. The van der Waals surface area contributed by atoms with Crippen LogP contribution in [0, 0.1) is 0 Å². The molecule has 2 rings (SSSR count). The van der Waals surface area contributed by atoms with Gasteiger partial charge in [0.15, 0.2) is 9.84 Å². The number of amides is 1. The van der Waals surface area contributed by atoms with Gasteiger partial charge >= 0.3 is 0 Å². The lowest BCUT2D eigenvalue weighted by Crippen LogP contribution is -2.31.